The van der Waals surface area contributed by atoms with Gasteiger partial charge in [0.2, 0.25) is 5.91 Å². The van der Waals surface area contributed by atoms with E-state index < -0.39 is 0 Å². The molecule has 3 rings (SSSR count). The summed E-state index contributed by atoms with van der Waals surface area (Å²) in [4.78, 5) is 13.9. The molecule has 1 saturated carbocycles. The molecule has 1 aliphatic carbocycles. The number of halogens is 1. The minimum Gasteiger partial charge on any atom is -0.335 e. The van der Waals surface area contributed by atoms with E-state index in [1.165, 1.54) is 24.0 Å². The average molecular weight is 266 g/mol. The molecule has 1 amide bonds. The van der Waals surface area contributed by atoms with E-state index in [4.69, 9.17) is 0 Å². The van der Waals surface area contributed by atoms with Gasteiger partial charge < -0.3 is 4.90 Å². The summed E-state index contributed by atoms with van der Waals surface area (Å²) in [6, 6.07) is 6.72. The van der Waals surface area contributed by atoms with Gasteiger partial charge in [0.1, 0.15) is 0 Å². The summed E-state index contributed by atoms with van der Waals surface area (Å²) in [5.74, 6) is 0.289. The molecule has 0 radical (unpaired) electrons. The fraction of sp³-hybridized carbons (Fsp3) is 0.417. The second kappa shape index (κ2) is 3.34. The zero-order valence-corrected chi connectivity index (χ0v) is 9.96. The Morgan fingerprint density at radius 2 is 2.13 bits per heavy atom. The molecule has 0 N–H and O–H groups in total. The second-order valence-corrected chi connectivity index (χ2v) is 5.16. The maximum atomic E-state index is 11.9. The fourth-order valence-electron chi connectivity index (χ4n) is 2.19. The van der Waals surface area contributed by atoms with E-state index in [-0.39, 0.29) is 5.91 Å². The Labute approximate surface area is 97.4 Å². The van der Waals surface area contributed by atoms with E-state index in [1.807, 2.05) is 17.0 Å². The molecule has 1 aliphatic heterocycles. The molecule has 0 saturated heterocycles. The monoisotopic (exact) mass is 265 g/mol. The van der Waals surface area contributed by atoms with Gasteiger partial charge in [0.25, 0.3) is 0 Å². The van der Waals surface area contributed by atoms with Crippen molar-refractivity contribution in [3.63, 3.8) is 0 Å². The minimum atomic E-state index is 0.289. The third-order valence-corrected chi connectivity index (χ3v) is 3.94. The first-order valence-electron chi connectivity index (χ1n) is 5.31. The number of hydrogen-bond acceptors (Lipinski definition) is 1. The molecule has 1 aromatic rings. The van der Waals surface area contributed by atoms with Crippen LogP contribution in [-0.2, 0) is 17.8 Å². The molecule has 3 heteroatoms. The van der Waals surface area contributed by atoms with Gasteiger partial charge in [0.15, 0.2) is 0 Å². The summed E-state index contributed by atoms with van der Waals surface area (Å²) in [7, 11) is 0. The first-order valence-corrected chi connectivity index (χ1v) is 6.11. The van der Waals surface area contributed by atoms with Crippen LogP contribution in [0.4, 0.5) is 0 Å². The molecular weight excluding hydrogens is 254 g/mol. The molecule has 1 fully saturated rings. The van der Waals surface area contributed by atoms with Crippen molar-refractivity contribution >= 4 is 21.8 Å². The van der Waals surface area contributed by atoms with Crippen LogP contribution in [0, 0.1) is 0 Å². The van der Waals surface area contributed by atoms with Crippen LogP contribution in [0.3, 0.4) is 0 Å². The summed E-state index contributed by atoms with van der Waals surface area (Å²) in [5, 5.41) is 0. The van der Waals surface area contributed by atoms with E-state index in [0.717, 1.165) is 11.0 Å². The van der Waals surface area contributed by atoms with Crippen molar-refractivity contribution < 1.29 is 4.79 Å². The molecule has 2 nitrogen and oxygen atoms in total. The van der Waals surface area contributed by atoms with Crippen LogP contribution in [0.15, 0.2) is 22.7 Å². The summed E-state index contributed by atoms with van der Waals surface area (Å²) in [6.07, 6.45) is 2.94. The van der Waals surface area contributed by atoms with E-state index in [9.17, 15) is 4.79 Å². The number of hydrogen-bond donors (Lipinski definition) is 0. The van der Waals surface area contributed by atoms with Crippen molar-refractivity contribution in [3.05, 3.63) is 33.8 Å². The highest BCUT2D eigenvalue weighted by Crippen LogP contribution is 2.34. The maximum Gasteiger partial charge on any atom is 0.227 e. The lowest BCUT2D eigenvalue weighted by atomic mass is 9.99. The van der Waals surface area contributed by atoms with Gasteiger partial charge in [-0.15, -0.1) is 0 Å². The lowest BCUT2D eigenvalue weighted by Gasteiger charge is -2.29. The molecule has 15 heavy (non-hydrogen) atoms. The van der Waals surface area contributed by atoms with Gasteiger partial charge in [-0.2, -0.15) is 0 Å². The lowest BCUT2D eigenvalue weighted by Crippen LogP contribution is -2.37. The zero-order valence-electron chi connectivity index (χ0n) is 8.37. The van der Waals surface area contributed by atoms with Crippen LogP contribution in [0.2, 0.25) is 0 Å². The Bertz CT molecular complexity index is 426. The molecular formula is C12H12BrNO. The van der Waals surface area contributed by atoms with E-state index in [2.05, 4.69) is 22.0 Å². The predicted octanol–water partition coefficient (Wildman–Crippen LogP) is 2.50. The van der Waals surface area contributed by atoms with Crippen molar-refractivity contribution in [2.24, 2.45) is 0 Å². The normalized spacial score (nSPS) is 20.3. The van der Waals surface area contributed by atoms with Gasteiger partial charge in [-0.3, -0.25) is 4.79 Å². The summed E-state index contributed by atoms with van der Waals surface area (Å²) < 4.78 is 1.07. The third-order valence-electron chi connectivity index (χ3n) is 3.19. The standard InChI is InChI=1S/C12H12BrNO/c13-11-3-1-2-8-7-14(9-4-5-9)12(15)6-10(8)11/h1-3,9H,4-7H2. The topological polar surface area (TPSA) is 20.3 Å². The minimum absolute atomic E-state index is 0.289. The quantitative estimate of drug-likeness (QED) is 0.764. The maximum absolute atomic E-state index is 11.9. The van der Waals surface area contributed by atoms with Gasteiger partial charge in [0, 0.05) is 17.1 Å². The SMILES string of the molecule is O=C1Cc2c(Br)cccc2CN1C1CC1. The van der Waals surface area contributed by atoms with Crippen molar-refractivity contribution in [2.45, 2.75) is 31.8 Å². The van der Waals surface area contributed by atoms with Gasteiger partial charge >= 0.3 is 0 Å². The van der Waals surface area contributed by atoms with Crippen LogP contribution in [0.1, 0.15) is 24.0 Å². The number of fused-ring (bicyclic) bond motifs is 1. The first kappa shape index (κ1) is 9.40. The molecule has 78 valence electrons. The number of rotatable bonds is 1. The van der Waals surface area contributed by atoms with Crippen molar-refractivity contribution in [3.8, 4) is 0 Å². The Hall–Kier alpha value is -0.830. The predicted molar refractivity (Wildman–Crippen MR) is 61.4 cm³/mol. The highest BCUT2D eigenvalue weighted by atomic mass is 79.9. The third kappa shape index (κ3) is 1.59. The van der Waals surface area contributed by atoms with Crippen molar-refractivity contribution in [1.82, 2.24) is 4.90 Å². The van der Waals surface area contributed by atoms with Gasteiger partial charge in [-0.1, -0.05) is 28.1 Å². The molecule has 0 unspecified atom stereocenters. The van der Waals surface area contributed by atoms with Gasteiger partial charge in [0.05, 0.1) is 6.42 Å². The van der Waals surface area contributed by atoms with Crippen LogP contribution in [0.25, 0.3) is 0 Å². The highest BCUT2D eigenvalue weighted by molar-refractivity contribution is 9.10. The number of carbonyl (C=O) groups is 1. The average Bonchev–Trinajstić information content (AvgIpc) is 3.02. The molecule has 0 atom stereocenters. The van der Waals surface area contributed by atoms with Crippen LogP contribution < -0.4 is 0 Å². The van der Waals surface area contributed by atoms with Crippen LogP contribution in [-0.4, -0.2) is 16.8 Å². The Morgan fingerprint density at radius 1 is 1.33 bits per heavy atom. The Kier molecular flexibility index (Phi) is 2.09. The first-order chi connectivity index (χ1) is 7.25. The molecule has 1 aromatic carbocycles. The fourth-order valence-corrected chi connectivity index (χ4v) is 2.74. The molecule has 2 aliphatic rings. The van der Waals surface area contributed by atoms with Gasteiger partial charge in [-0.25, -0.2) is 0 Å². The van der Waals surface area contributed by atoms with E-state index >= 15 is 0 Å². The van der Waals surface area contributed by atoms with Crippen molar-refractivity contribution in [2.75, 3.05) is 0 Å². The number of benzene rings is 1. The largest absolute Gasteiger partial charge is 0.335 e. The molecule has 1 heterocycles. The van der Waals surface area contributed by atoms with Gasteiger partial charge in [-0.05, 0) is 30.0 Å². The number of amides is 1. The smallest absolute Gasteiger partial charge is 0.227 e. The zero-order chi connectivity index (χ0) is 10.4. The van der Waals surface area contributed by atoms with Crippen molar-refractivity contribution in [1.29, 1.82) is 0 Å². The molecule has 0 spiro atoms. The number of carbonyl (C=O) groups excluding carboxylic acids is 1. The highest BCUT2D eigenvalue weighted by Gasteiger charge is 2.35. The van der Waals surface area contributed by atoms with Crippen LogP contribution in [0.5, 0.6) is 0 Å². The second-order valence-electron chi connectivity index (χ2n) is 4.31. The Morgan fingerprint density at radius 3 is 2.87 bits per heavy atom. The summed E-state index contributed by atoms with van der Waals surface area (Å²) in [5.41, 5.74) is 2.48. The Balaban J connectivity index is 1.98. The summed E-state index contributed by atoms with van der Waals surface area (Å²) >= 11 is 3.51. The number of nitrogens with zero attached hydrogens (tertiary/aromatic N) is 1. The lowest BCUT2D eigenvalue weighted by molar-refractivity contribution is -0.132. The van der Waals surface area contributed by atoms with Crippen LogP contribution >= 0.6 is 15.9 Å². The summed E-state index contributed by atoms with van der Waals surface area (Å²) in [6.45, 7) is 0.804. The molecule has 0 aromatic heterocycles. The molecule has 0 bridgehead atoms. The van der Waals surface area contributed by atoms with E-state index in [1.54, 1.807) is 0 Å². The van der Waals surface area contributed by atoms with E-state index in [0.29, 0.717) is 12.5 Å².